The van der Waals surface area contributed by atoms with Crippen molar-refractivity contribution in [3.63, 3.8) is 0 Å². The zero-order valence-electron chi connectivity index (χ0n) is 18.5. The van der Waals surface area contributed by atoms with E-state index in [9.17, 15) is 13.2 Å². The molecule has 10 heteroatoms. The Morgan fingerprint density at radius 1 is 1.15 bits per heavy atom. The molecule has 0 radical (unpaired) electrons. The number of nitrogens with zero attached hydrogens (tertiary/aromatic N) is 3. The number of nitrogens with one attached hydrogen (secondary N) is 1. The van der Waals surface area contributed by atoms with E-state index in [-0.39, 0.29) is 17.2 Å². The molecular weight excluding hydrogens is 464 g/mol. The number of aromatic nitrogens is 2. The molecule has 1 saturated heterocycles. The van der Waals surface area contributed by atoms with Gasteiger partial charge in [-0.1, -0.05) is 23.7 Å². The van der Waals surface area contributed by atoms with Gasteiger partial charge in [-0.25, -0.2) is 13.4 Å². The van der Waals surface area contributed by atoms with Crippen LogP contribution in [0.1, 0.15) is 24.7 Å². The van der Waals surface area contributed by atoms with E-state index in [0.717, 1.165) is 16.9 Å². The van der Waals surface area contributed by atoms with E-state index >= 15 is 0 Å². The summed E-state index contributed by atoms with van der Waals surface area (Å²) >= 11 is 5.89. The monoisotopic (exact) mass is 490 g/mol. The molecule has 2 aromatic carbocycles. The lowest BCUT2D eigenvalue weighted by atomic mass is 10.2. The van der Waals surface area contributed by atoms with E-state index in [2.05, 4.69) is 10.3 Å². The van der Waals surface area contributed by atoms with Gasteiger partial charge in [0.05, 0.1) is 29.1 Å². The molecule has 1 amide bonds. The molecule has 33 heavy (non-hydrogen) atoms. The Morgan fingerprint density at radius 3 is 2.58 bits per heavy atom. The molecule has 1 aliphatic rings. The number of aryl methyl sites for hydroxylation is 2. The van der Waals surface area contributed by atoms with E-state index in [1.807, 2.05) is 23.6 Å². The molecule has 3 aromatic rings. The van der Waals surface area contributed by atoms with Crippen molar-refractivity contribution in [3.8, 4) is 0 Å². The lowest BCUT2D eigenvalue weighted by Crippen LogP contribution is -2.40. The second-order valence-electron chi connectivity index (χ2n) is 7.84. The topological polar surface area (TPSA) is 93.5 Å². The van der Waals surface area contributed by atoms with Gasteiger partial charge in [-0.2, -0.15) is 4.31 Å². The summed E-state index contributed by atoms with van der Waals surface area (Å²) in [6, 6.07) is 12.4. The number of carbonyl (C=O) groups is 1. The molecule has 0 spiro atoms. The summed E-state index contributed by atoms with van der Waals surface area (Å²) in [6.45, 7) is 4.60. The molecule has 2 heterocycles. The molecule has 0 unspecified atom stereocenters. The highest BCUT2D eigenvalue weighted by Crippen LogP contribution is 2.24. The van der Waals surface area contributed by atoms with E-state index in [0.29, 0.717) is 56.4 Å². The van der Waals surface area contributed by atoms with Crippen molar-refractivity contribution in [2.45, 2.75) is 37.8 Å². The second-order valence-corrected chi connectivity index (χ2v) is 10.2. The van der Waals surface area contributed by atoms with Crippen LogP contribution in [0.25, 0.3) is 11.0 Å². The van der Waals surface area contributed by atoms with Crippen molar-refractivity contribution < 1.29 is 17.9 Å². The summed E-state index contributed by atoms with van der Waals surface area (Å²) in [7, 11) is -3.59. The fraction of sp³-hybridized carbons (Fsp3) is 0.391. The number of fused-ring (bicyclic) bond motifs is 1. The van der Waals surface area contributed by atoms with Gasteiger partial charge in [0.1, 0.15) is 5.82 Å². The summed E-state index contributed by atoms with van der Waals surface area (Å²) < 4.78 is 34.7. The van der Waals surface area contributed by atoms with Gasteiger partial charge < -0.3 is 14.6 Å². The highest BCUT2D eigenvalue weighted by atomic mass is 35.5. The number of sulfonamides is 1. The van der Waals surface area contributed by atoms with Crippen LogP contribution in [0.3, 0.4) is 0 Å². The predicted molar refractivity (Wildman–Crippen MR) is 127 cm³/mol. The highest BCUT2D eigenvalue weighted by molar-refractivity contribution is 7.89. The van der Waals surface area contributed by atoms with Crippen LogP contribution in [0.5, 0.6) is 0 Å². The Labute approximate surface area is 198 Å². The molecule has 1 fully saturated rings. The summed E-state index contributed by atoms with van der Waals surface area (Å²) in [4.78, 5) is 17.3. The lowest BCUT2D eigenvalue weighted by molar-refractivity contribution is -0.121. The van der Waals surface area contributed by atoms with Gasteiger partial charge in [0.25, 0.3) is 0 Å². The molecule has 0 saturated carbocycles. The number of ether oxygens (including phenoxy) is 1. The number of halogens is 1. The molecular formula is C23H27ClN4O4S. The largest absolute Gasteiger partial charge is 0.379 e. The van der Waals surface area contributed by atoms with Crippen molar-refractivity contribution in [3.05, 3.63) is 58.9 Å². The van der Waals surface area contributed by atoms with Crippen molar-refractivity contribution in [1.29, 1.82) is 0 Å². The van der Waals surface area contributed by atoms with E-state index in [4.69, 9.17) is 16.3 Å². The van der Waals surface area contributed by atoms with Crippen LogP contribution in [0.15, 0.2) is 47.4 Å². The van der Waals surface area contributed by atoms with Gasteiger partial charge in [-0.05, 0) is 42.8 Å². The van der Waals surface area contributed by atoms with Crippen LogP contribution >= 0.6 is 11.6 Å². The maximum atomic E-state index is 13.0. The molecule has 1 N–H and O–H groups in total. The van der Waals surface area contributed by atoms with Crippen molar-refractivity contribution >= 4 is 38.6 Å². The number of carbonyl (C=O) groups excluding carboxylic acids is 1. The zero-order valence-corrected chi connectivity index (χ0v) is 20.0. The van der Waals surface area contributed by atoms with Gasteiger partial charge in [-0.3, -0.25) is 4.79 Å². The highest BCUT2D eigenvalue weighted by Gasteiger charge is 2.27. The predicted octanol–water partition coefficient (Wildman–Crippen LogP) is 2.98. The number of rotatable bonds is 8. The summed E-state index contributed by atoms with van der Waals surface area (Å²) in [5.41, 5.74) is 2.44. The summed E-state index contributed by atoms with van der Waals surface area (Å²) in [6.07, 6.45) is 0.746. The third-order valence-corrected chi connectivity index (χ3v) is 7.85. The fourth-order valence-electron chi connectivity index (χ4n) is 3.92. The van der Waals surface area contributed by atoms with Gasteiger partial charge >= 0.3 is 0 Å². The summed E-state index contributed by atoms with van der Waals surface area (Å²) in [5.74, 6) is 0.685. The first-order chi connectivity index (χ1) is 15.9. The van der Waals surface area contributed by atoms with Gasteiger partial charge in [0.2, 0.25) is 15.9 Å². The van der Waals surface area contributed by atoms with E-state index in [1.165, 1.54) is 4.31 Å². The minimum absolute atomic E-state index is 0.0738. The zero-order chi connectivity index (χ0) is 23.4. The number of morpholine rings is 1. The fourth-order valence-corrected chi connectivity index (χ4v) is 5.47. The first-order valence-corrected chi connectivity index (χ1v) is 12.8. The SMILES string of the molecule is CCn1c(CCC(=O)NCc2ccc(Cl)cc2)nc2cc(S(=O)(=O)N3CCOCC3)ccc21. The molecule has 1 aliphatic heterocycles. The lowest BCUT2D eigenvalue weighted by Gasteiger charge is -2.26. The van der Waals surface area contributed by atoms with Crippen molar-refractivity contribution in [1.82, 2.24) is 19.2 Å². The molecule has 8 nitrogen and oxygen atoms in total. The van der Waals surface area contributed by atoms with E-state index < -0.39 is 10.0 Å². The van der Waals surface area contributed by atoms with Crippen molar-refractivity contribution in [2.24, 2.45) is 0 Å². The number of hydrogen-bond donors (Lipinski definition) is 1. The Morgan fingerprint density at radius 2 is 1.88 bits per heavy atom. The van der Waals surface area contributed by atoms with Crippen LogP contribution < -0.4 is 5.32 Å². The average molecular weight is 491 g/mol. The minimum atomic E-state index is -3.59. The third-order valence-electron chi connectivity index (χ3n) is 5.70. The Balaban J connectivity index is 1.46. The van der Waals surface area contributed by atoms with Gasteiger partial charge in [0.15, 0.2) is 0 Å². The quantitative estimate of drug-likeness (QED) is 0.524. The van der Waals surface area contributed by atoms with Crippen LogP contribution in [0.4, 0.5) is 0 Å². The molecule has 0 bridgehead atoms. The molecule has 0 aliphatic carbocycles. The second kappa shape index (κ2) is 10.2. The number of hydrogen-bond acceptors (Lipinski definition) is 5. The average Bonchev–Trinajstić information content (AvgIpc) is 3.19. The Kier molecular flexibility index (Phi) is 7.33. The number of benzene rings is 2. The van der Waals surface area contributed by atoms with Gasteiger partial charge in [-0.15, -0.1) is 0 Å². The van der Waals surface area contributed by atoms with Crippen LogP contribution in [-0.2, 0) is 39.1 Å². The van der Waals surface area contributed by atoms with Crippen molar-refractivity contribution in [2.75, 3.05) is 26.3 Å². The maximum Gasteiger partial charge on any atom is 0.243 e. The van der Waals surface area contributed by atoms with E-state index in [1.54, 1.807) is 30.3 Å². The molecule has 176 valence electrons. The molecule has 1 aromatic heterocycles. The first kappa shape index (κ1) is 23.7. The molecule has 0 atom stereocenters. The standard InChI is InChI=1S/C23H27ClN4O4S/c1-2-28-21-8-7-19(33(30,31)27-11-13-32-14-12-27)15-20(21)26-22(28)9-10-23(29)25-16-17-3-5-18(24)6-4-17/h3-8,15H,2,9-14,16H2,1H3,(H,25,29). The van der Waals surface area contributed by atoms with Crippen LogP contribution in [0.2, 0.25) is 5.02 Å². The van der Waals surface area contributed by atoms with Gasteiger partial charge in [0, 0.05) is 44.0 Å². The third kappa shape index (κ3) is 5.38. The normalized spacial score (nSPS) is 15.1. The summed E-state index contributed by atoms with van der Waals surface area (Å²) in [5, 5.41) is 3.57. The number of imidazole rings is 1. The Bertz CT molecular complexity index is 1240. The van der Waals surface area contributed by atoms with Crippen LogP contribution in [0, 0.1) is 0 Å². The smallest absolute Gasteiger partial charge is 0.243 e. The number of amides is 1. The maximum absolute atomic E-state index is 13.0. The Hall–Kier alpha value is -2.46. The minimum Gasteiger partial charge on any atom is -0.379 e. The van der Waals surface area contributed by atoms with Crippen LogP contribution in [-0.4, -0.2) is 54.5 Å². The molecule has 4 rings (SSSR count). The first-order valence-electron chi connectivity index (χ1n) is 11.0.